The number of carbonyl (C=O) groups is 1. The molecule has 4 nitrogen and oxygen atoms in total. The quantitative estimate of drug-likeness (QED) is 0.765. The standard InChI is InChI=1S/C20H16ClN3OS/c21-15-7-4-8-16(9-15)23-12-24-19(25)10-17(14-5-2-1-3-6-14)18(11-22)20(24)26-13-23/h1-9,17H,10,12-13H2/t17-/m1/s1. The number of thioether (sulfide) groups is 1. The number of allylic oxidation sites excluding steroid dienone is 1. The van der Waals surface area contributed by atoms with Crippen molar-refractivity contribution in [3.05, 3.63) is 75.8 Å². The fraction of sp³-hybridized carbons (Fsp3) is 0.200. The van der Waals surface area contributed by atoms with E-state index < -0.39 is 0 Å². The van der Waals surface area contributed by atoms with E-state index in [0.29, 0.717) is 29.6 Å². The maximum Gasteiger partial charge on any atom is 0.229 e. The molecular weight excluding hydrogens is 366 g/mol. The second kappa shape index (κ2) is 7.06. The SMILES string of the molecule is N#CC1=C2SCN(c3cccc(Cl)c3)CN2C(=O)C[C@@H]1c1ccccc1. The lowest BCUT2D eigenvalue weighted by Gasteiger charge is -2.42. The molecule has 0 saturated carbocycles. The van der Waals surface area contributed by atoms with E-state index in [2.05, 4.69) is 11.0 Å². The summed E-state index contributed by atoms with van der Waals surface area (Å²) in [4.78, 5) is 16.7. The maximum absolute atomic E-state index is 12.8. The lowest BCUT2D eigenvalue weighted by molar-refractivity contribution is -0.129. The van der Waals surface area contributed by atoms with Gasteiger partial charge in [-0.1, -0.05) is 59.8 Å². The Bertz CT molecular complexity index is 922. The van der Waals surface area contributed by atoms with Crippen LogP contribution in [0.1, 0.15) is 17.9 Å². The molecule has 1 saturated heterocycles. The normalized spacial score (nSPS) is 20.0. The molecule has 0 bridgehead atoms. The monoisotopic (exact) mass is 381 g/mol. The lowest BCUT2D eigenvalue weighted by atomic mass is 9.86. The highest BCUT2D eigenvalue weighted by Gasteiger charge is 2.38. The third kappa shape index (κ3) is 3.07. The Morgan fingerprint density at radius 2 is 1.96 bits per heavy atom. The third-order valence-electron chi connectivity index (χ3n) is 4.67. The van der Waals surface area contributed by atoms with Crippen molar-refractivity contribution in [3.63, 3.8) is 0 Å². The molecule has 0 spiro atoms. The molecule has 4 rings (SSSR count). The van der Waals surface area contributed by atoms with Crippen LogP contribution in [0.5, 0.6) is 0 Å². The maximum atomic E-state index is 12.8. The molecule has 26 heavy (non-hydrogen) atoms. The number of nitriles is 1. The zero-order valence-electron chi connectivity index (χ0n) is 13.9. The summed E-state index contributed by atoms with van der Waals surface area (Å²) >= 11 is 7.63. The molecule has 0 aromatic heterocycles. The summed E-state index contributed by atoms with van der Waals surface area (Å²) in [7, 11) is 0. The molecule has 1 fully saturated rings. The third-order valence-corrected chi connectivity index (χ3v) is 6.06. The Morgan fingerprint density at radius 3 is 2.69 bits per heavy atom. The van der Waals surface area contributed by atoms with Crippen molar-refractivity contribution in [1.82, 2.24) is 4.90 Å². The topological polar surface area (TPSA) is 47.3 Å². The Kier molecular flexibility index (Phi) is 4.62. The molecular formula is C20H16ClN3OS. The van der Waals surface area contributed by atoms with Crippen LogP contribution in [-0.4, -0.2) is 23.4 Å². The molecule has 2 aromatic rings. The summed E-state index contributed by atoms with van der Waals surface area (Å²) in [5.41, 5.74) is 2.68. The van der Waals surface area contributed by atoms with Gasteiger partial charge in [-0.25, -0.2) is 0 Å². The van der Waals surface area contributed by atoms with Gasteiger partial charge in [0.05, 0.1) is 29.2 Å². The van der Waals surface area contributed by atoms with Crippen LogP contribution >= 0.6 is 23.4 Å². The summed E-state index contributed by atoms with van der Waals surface area (Å²) in [6.45, 7) is 0.439. The molecule has 2 aromatic carbocycles. The van der Waals surface area contributed by atoms with Gasteiger partial charge in [0, 0.05) is 23.0 Å². The van der Waals surface area contributed by atoms with Crippen molar-refractivity contribution >= 4 is 35.0 Å². The molecule has 2 aliphatic heterocycles. The van der Waals surface area contributed by atoms with E-state index in [1.807, 2.05) is 54.6 Å². The fourth-order valence-electron chi connectivity index (χ4n) is 3.37. The molecule has 0 unspecified atom stereocenters. The fourth-order valence-corrected chi connectivity index (χ4v) is 4.72. The molecule has 2 aliphatic rings. The van der Waals surface area contributed by atoms with E-state index >= 15 is 0 Å². The van der Waals surface area contributed by atoms with Crippen LogP contribution in [0.25, 0.3) is 0 Å². The van der Waals surface area contributed by atoms with Crippen molar-refractivity contribution in [1.29, 1.82) is 5.26 Å². The summed E-state index contributed by atoms with van der Waals surface area (Å²) in [5.74, 6) is 0.559. The number of rotatable bonds is 2. The van der Waals surface area contributed by atoms with Crippen molar-refractivity contribution in [2.75, 3.05) is 17.4 Å². The number of hydrogen-bond donors (Lipinski definition) is 0. The molecule has 1 atom stereocenters. The number of nitrogens with zero attached hydrogens (tertiary/aromatic N) is 3. The highest BCUT2D eigenvalue weighted by Crippen LogP contribution is 2.43. The van der Waals surface area contributed by atoms with Crippen LogP contribution < -0.4 is 4.90 Å². The minimum absolute atomic E-state index is 0.0482. The van der Waals surface area contributed by atoms with Gasteiger partial charge in [0.2, 0.25) is 5.91 Å². The van der Waals surface area contributed by atoms with Gasteiger partial charge in [-0.3, -0.25) is 9.69 Å². The highest BCUT2D eigenvalue weighted by atomic mass is 35.5. The zero-order valence-corrected chi connectivity index (χ0v) is 15.5. The Morgan fingerprint density at radius 1 is 1.15 bits per heavy atom. The number of hydrogen-bond acceptors (Lipinski definition) is 4. The van der Waals surface area contributed by atoms with E-state index in [-0.39, 0.29) is 11.8 Å². The van der Waals surface area contributed by atoms with Gasteiger partial charge < -0.3 is 4.90 Å². The predicted molar refractivity (Wildman–Crippen MR) is 105 cm³/mol. The number of halogens is 1. The Balaban J connectivity index is 1.67. The van der Waals surface area contributed by atoms with Gasteiger partial charge in [-0.15, -0.1) is 0 Å². The first-order valence-electron chi connectivity index (χ1n) is 8.30. The van der Waals surface area contributed by atoms with Crippen LogP contribution in [-0.2, 0) is 4.79 Å². The van der Waals surface area contributed by atoms with Crippen molar-refractivity contribution in [3.8, 4) is 6.07 Å². The summed E-state index contributed by atoms with van der Waals surface area (Å²) < 4.78 is 0. The van der Waals surface area contributed by atoms with Crippen LogP contribution in [0.15, 0.2) is 65.2 Å². The summed E-state index contributed by atoms with van der Waals surface area (Å²) in [6, 6.07) is 19.8. The first-order valence-corrected chi connectivity index (χ1v) is 9.66. The average Bonchev–Trinajstić information content (AvgIpc) is 2.68. The van der Waals surface area contributed by atoms with Crippen LogP contribution in [0.4, 0.5) is 5.69 Å². The predicted octanol–water partition coefficient (Wildman–Crippen LogP) is 4.56. The smallest absolute Gasteiger partial charge is 0.229 e. The minimum Gasteiger partial charge on any atom is -0.344 e. The summed E-state index contributed by atoms with van der Waals surface area (Å²) in [5, 5.41) is 11.2. The van der Waals surface area contributed by atoms with Crippen molar-refractivity contribution in [2.45, 2.75) is 12.3 Å². The van der Waals surface area contributed by atoms with Gasteiger partial charge in [0.1, 0.15) is 0 Å². The number of amides is 1. The number of fused-ring (bicyclic) bond motifs is 1. The Labute approximate surface area is 161 Å². The molecule has 2 heterocycles. The second-order valence-electron chi connectivity index (χ2n) is 6.25. The van der Waals surface area contributed by atoms with Crippen LogP contribution in [0, 0.1) is 11.3 Å². The number of anilines is 1. The van der Waals surface area contributed by atoms with Gasteiger partial charge in [0.15, 0.2) is 0 Å². The van der Waals surface area contributed by atoms with Crippen LogP contribution in [0.3, 0.4) is 0 Å². The molecule has 0 radical (unpaired) electrons. The highest BCUT2D eigenvalue weighted by molar-refractivity contribution is 8.03. The van der Waals surface area contributed by atoms with E-state index in [4.69, 9.17) is 11.6 Å². The first-order chi connectivity index (χ1) is 12.7. The van der Waals surface area contributed by atoms with Crippen molar-refractivity contribution < 1.29 is 4.79 Å². The van der Waals surface area contributed by atoms with Gasteiger partial charge >= 0.3 is 0 Å². The van der Waals surface area contributed by atoms with Crippen LogP contribution in [0.2, 0.25) is 5.02 Å². The van der Waals surface area contributed by atoms with Gasteiger partial charge in [-0.05, 0) is 23.8 Å². The number of benzene rings is 2. The summed E-state index contributed by atoms with van der Waals surface area (Å²) in [6.07, 6.45) is 0.320. The van der Waals surface area contributed by atoms with Gasteiger partial charge in [-0.2, -0.15) is 5.26 Å². The molecule has 130 valence electrons. The molecule has 1 amide bonds. The van der Waals surface area contributed by atoms with E-state index in [0.717, 1.165) is 16.3 Å². The Hall–Kier alpha value is -2.42. The lowest BCUT2D eigenvalue weighted by Crippen LogP contribution is -2.47. The molecule has 0 N–H and O–H groups in total. The average molecular weight is 382 g/mol. The van der Waals surface area contributed by atoms with Crippen molar-refractivity contribution in [2.24, 2.45) is 0 Å². The van der Waals surface area contributed by atoms with E-state index in [9.17, 15) is 10.1 Å². The minimum atomic E-state index is -0.162. The molecule has 0 aliphatic carbocycles. The van der Waals surface area contributed by atoms with E-state index in [1.54, 1.807) is 4.90 Å². The number of carbonyl (C=O) groups excluding carboxylic acids is 1. The zero-order chi connectivity index (χ0) is 18.1. The van der Waals surface area contributed by atoms with E-state index in [1.165, 1.54) is 11.8 Å². The molecule has 6 heteroatoms. The van der Waals surface area contributed by atoms with Gasteiger partial charge in [0.25, 0.3) is 0 Å². The second-order valence-corrected chi connectivity index (χ2v) is 7.62. The largest absolute Gasteiger partial charge is 0.344 e. The first kappa shape index (κ1) is 17.0.